The minimum atomic E-state index is -0.515. The van der Waals surface area contributed by atoms with Gasteiger partial charge in [-0.15, -0.1) is 0 Å². The number of carbonyl (C=O) groups excluding carboxylic acids is 3. The fraction of sp³-hybridized carbons (Fsp3) is 0.757. The maximum atomic E-state index is 12.4. The normalized spacial score (nSPS) is 40.6. The molecule has 5 aliphatic carbocycles. The predicted octanol–water partition coefficient (Wildman–Crippen LogP) is 8.35. The molecule has 43 heavy (non-hydrogen) atoms. The Hall–Kier alpha value is -2.37. The summed E-state index contributed by atoms with van der Waals surface area (Å²) in [6, 6.07) is 1.57. The average Bonchev–Trinajstić information content (AvgIpc) is 3.19. The molecule has 0 spiro atoms. The third kappa shape index (κ3) is 4.35. The lowest BCUT2D eigenvalue weighted by Crippen LogP contribution is -2.64. The first kappa shape index (κ1) is 30.6. The zero-order valence-electron chi connectivity index (χ0n) is 27.9. The summed E-state index contributed by atoms with van der Waals surface area (Å²) < 4.78 is 17.3. The van der Waals surface area contributed by atoms with Gasteiger partial charge in [-0.2, -0.15) is 0 Å². The zero-order chi connectivity index (χ0) is 31.3. The van der Waals surface area contributed by atoms with Gasteiger partial charge in [-0.05, 0) is 103 Å². The van der Waals surface area contributed by atoms with Crippen LogP contribution in [-0.4, -0.2) is 17.9 Å². The van der Waals surface area contributed by atoms with Crippen molar-refractivity contribution in [3.05, 3.63) is 17.2 Å². The van der Waals surface area contributed by atoms with Crippen molar-refractivity contribution in [1.82, 2.24) is 0 Å². The van der Waals surface area contributed by atoms with E-state index in [4.69, 9.17) is 14.2 Å². The molecular formula is C37H52O6. The minimum absolute atomic E-state index is 0.0766. The van der Waals surface area contributed by atoms with Crippen molar-refractivity contribution in [3.63, 3.8) is 0 Å². The topological polar surface area (TPSA) is 78.9 Å². The van der Waals surface area contributed by atoms with Crippen LogP contribution in [0.3, 0.4) is 0 Å². The Morgan fingerprint density at radius 1 is 0.628 bits per heavy atom. The highest BCUT2D eigenvalue weighted by molar-refractivity contribution is 5.78. The van der Waals surface area contributed by atoms with E-state index in [2.05, 4.69) is 41.5 Å². The Kier molecular flexibility index (Phi) is 6.99. The number of esters is 3. The van der Waals surface area contributed by atoms with Crippen molar-refractivity contribution in [3.8, 4) is 17.2 Å². The molecule has 1 unspecified atom stereocenters. The lowest BCUT2D eigenvalue weighted by molar-refractivity contribution is -0.216. The minimum Gasteiger partial charge on any atom is -0.426 e. The van der Waals surface area contributed by atoms with Crippen molar-refractivity contribution in [2.24, 2.45) is 45.3 Å². The van der Waals surface area contributed by atoms with Gasteiger partial charge in [-0.1, -0.05) is 48.0 Å². The molecule has 236 valence electrons. The van der Waals surface area contributed by atoms with Gasteiger partial charge >= 0.3 is 17.9 Å². The maximum Gasteiger partial charge on any atom is 0.308 e. The molecule has 8 atom stereocenters. The Morgan fingerprint density at radius 2 is 1.14 bits per heavy atom. The molecule has 0 aromatic heterocycles. The van der Waals surface area contributed by atoms with Crippen molar-refractivity contribution in [1.29, 1.82) is 0 Å². The van der Waals surface area contributed by atoms with Crippen LogP contribution in [0, 0.1) is 45.3 Å². The standard InChI is InChI=1S/C37H52O6/c1-21(38)41-25-20-26(42-22(2)39)32(43-23(3)40)31-24(25)19-30-36(8)17-12-28-34(6)15-10-14-33(4,5)27(34)11-16-35(28,7)29(36)13-18-37(30,31)9/h20,27-30H,10-19H2,1-9H3/t27-,28+,29?,30-,34-,35+,36-,37-/m0/s1. The molecule has 0 saturated heterocycles. The van der Waals surface area contributed by atoms with Gasteiger partial charge in [0.1, 0.15) is 5.75 Å². The van der Waals surface area contributed by atoms with E-state index in [1.807, 2.05) is 0 Å². The smallest absolute Gasteiger partial charge is 0.308 e. The van der Waals surface area contributed by atoms with Gasteiger partial charge in [-0.25, -0.2) is 0 Å². The summed E-state index contributed by atoms with van der Waals surface area (Å²) in [6.45, 7) is 19.3. The van der Waals surface area contributed by atoms with Crippen molar-refractivity contribution < 1.29 is 28.6 Å². The first-order valence-corrected chi connectivity index (χ1v) is 16.7. The first-order chi connectivity index (χ1) is 20.0. The monoisotopic (exact) mass is 592 g/mol. The highest BCUT2D eigenvalue weighted by Crippen LogP contribution is 2.76. The van der Waals surface area contributed by atoms with E-state index in [1.165, 1.54) is 65.7 Å². The van der Waals surface area contributed by atoms with Gasteiger partial charge in [0, 0.05) is 43.4 Å². The van der Waals surface area contributed by atoms with E-state index < -0.39 is 17.9 Å². The highest BCUT2D eigenvalue weighted by atomic mass is 16.6. The molecule has 6 heteroatoms. The Bertz CT molecular complexity index is 1380. The van der Waals surface area contributed by atoms with Crippen LogP contribution in [-0.2, 0) is 26.2 Å². The molecular weight excluding hydrogens is 540 g/mol. The van der Waals surface area contributed by atoms with Gasteiger partial charge in [-0.3, -0.25) is 14.4 Å². The lowest BCUT2D eigenvalue weighted by atomic mass is 9.34. The van der Waals surface area contributed by atoms with E-state index in [-0.39, 0.29) is 27.9 Å². The number of fused-ring (bicyclic) bond motifs is 9. The van der Waals surface area contributed by atoms with Crippen LogP contribution in [0.2, 0.25) is 0 Å². The van der Waals surface area contributed by atoms with Crippen LogP contribution in [0.1, 0.15) is 131 Å². The molecule has 0 N–H and O–H groups in total. The number of benzene rings is 1. The van der Waals surface area contributed by atoms with Crippen molar-refractivity contribution in [2.75, 3.05) is 0 Å². The SMILES string of the molecule is CC(=O)Oc1cc(OC(C)=O)c(OC(C)=O)c2c1C[C@H]1[C@@]3(C)CC[C@@H]4[C@@]5(C)CCCC(C)(C)[C@@H]5CC[C@@]4(C)C3CC[C@]21C. The number of hydrogen-bond acceptors (Lipinski definition) is 6. The molecule has 1 aromatic rings. The Balaban J connectivity index is 1.45. The van der Waals surface area contributed by atoms with Gasteiger partial charge < -0.3 is 14.2 Å². The first-order valence-electron chi connectivity index (χ1n) is 16.7. The van der Waals surface area contributed by atoms with Gasteiger partial charge in [0.25, 0.3) is 0 Å². The van der Waals surface area contributed by atoms with Crippen LogP contribution in [0.4, 0.5) is 0 Å². The Morgan fingerprint density at radius 3 is 1.74 bits per heavy atom. The summed E-state index contributed by atoms with van der Waals surface area (Å²) in [4.78, 5) is 36.8. The van der Waals surface area contributed by atoms with Crippen LogP contribution in [0.5, 0.6) is 17.2 Å². The third-order valence-electron chi connectivity index (χ3n) is 14.0. The van der Waals surface area contributed by atoms with Gasteiger partial charge in [0.05, 0.1) is 0 Å². The van der Waals surface area contributed by atoms with Gasteiger partial charge in [0.2, 0.25) is 0 Å². The number of carbonyl (C=O) groups is 3. The highest BCUT2D eigenvalue weighted by Gasteiger charge is 2.69. The molecule has 6 rings (SSSR count). The van der Waals surface area contributed by atoms with E-state index in [0.717, 1.165) is 42.2 Å². The number of rotatable bonds is 3. The summed E-state index contributed by atoms with van der Waals surface area (Å²) >= 11 is 0. The summed E-state index contributed by atoms with van der Waals surface area (Å²) in [7, 11) is 0. The van der Waals surface area contributed by atoms with Crippen LogP contribution >= 0.6 is 0 Å². The van der Waals surface area contributed by atoms with Crippen LogP contribution in [0.15, 0.2) is 6.07 Å². The summed E-state index contributed by atoms with van der Waals surface area (Å²) in [5.41, 5.74) is 2.66. The van der Waals surface area contributed by atoms with E-state index in [9.17, 15) is 14.4 Å². The number of ether oxygens (including phenoxy) is 3. The largest absolute Gasteiger partial charge is 0.426 e. The van der Waals surface area contributed by atoms with Gasteiger partial charge in [0.15, 0.2) is 11.5 Å². The second kappa shape index (κ2) is 9.81. The van der Waals surface area contributed by atoms with Crippen LogP contribution in [0.25, 0.3) is 0 Å². The molecule has 0 bridgehead atoms. The van der Waals surface area contributed by atoms with Crippen molar-refractivity contribution in [2.45, 2.75) is 132 Å². The van der Waals surface area contributed by atoms with Crippen LogP contribution < -0.4 is 14.2 Å². The molecule has 4 fully saturated rings. The predicted molar refractivity (Wildman–Crippen MR) is 165 cm³/mol. The van der Waals surface area contributed by atoms with E-state index in [0.29, 0.717) is 28.2 Å². The van der Waals surface area contributed by atoms with E-state index in [1.54, 1.807) is 6.07 Å². The molecule has 1 aromatic carbocycles. The summed E-state index contributed by atoms with van der Waals surface area (Å²) in [6.07, 6.45) is 11.9. The molecule has 6 nitrogen and oxygen atoms in total. The fourth-order valence-electron chi connectivity index (χ4n) is 12.7. The fourth-order valence-corrected chi connectivity index (χ4v) is 12.7. The molecule has 4 saturated carbocycles. The quantitative estimate of drug-likeness (QED) is 0.259. The maximum absolute atomic E-state index is 12.4. The number of hydrogen-bond donors (Lipinski definition) is 0. The zero-order valence-corrected chi connectivity index (χ0v) is 27.9. The molecule has 0 aliphatic heterocycles. The molecule has 0 amide bonds. The third-order valence-corrected chi connectivity index (χ3v) is 14.0. The van der Waals surface area contributed by atoms with E-state index >= 15 is 0 Å². The molecule has 0 heterocycles. The average molecular weight is 593 g/mol. The second-order valence-corrected chi connectivity index (χ2v) is 16.6. The summed E-state index contributed by atoms with van der Waals surface area (Å²) in [5, 5.41) is 0. The lowest BCUT2D eigenvalue weighted by Gasteiger charge is -2.71. The second-order valence-electron chi connectivity index (χ2n) is 16.6. The molecule has 5 aliphatic rings. The molecule has 0 radical (unpaired) electrons. The summed E-state index contributed by atoms with van der Waals surface area (Å²) in [5.74, 6) is 1.89. The van der Waals surface area contributed by atoms with Crippen molar-refractivity contribution >= 4 is 17.9 Å². The Labute approximate surface area is 258 Å².